The predicted octanol–water partition coefficient (Wildman–Crippen LogP) is 1.28. The number of carbonyl (C=O) groups excluding carboxylic acids is 1. The summed E-state index contributed by atoms with van der Waals surface area (Å²) in [5.74, 6) is 0.217. The lowest BCUT2D eigenvalue weighted by Gasteiger charge is -2.27. The van der Waals surface area contributed by atoms with Gasteiger partial charge in [0.25, 0.3) is 0 Å². The average molecular weight is 201 g/mol. The molecule has 0 saturated heterocycles. The average Bonchev–Trinajstić information content (AvgIpc) is 2.07. The van der Waals surface area contributed by atoms with Gasteiger partial charge in [-0.2, -0.15) is 0 Å². The normalized spacial score (nSPS) is 18.9. The van der Waals surface area contributed by atoms with Crippen molar-refractivity contribution in [1.29, 1.82) is 0 Å². The number of rotatable bonds is 4. The molecule has 1 aliphatic carbocycles. The summed E-state index contributed by atoms with van der Waals surface area (Å²) in [7, 11) is 0. The minimum atomic E-state index is -0.401. The summed E-state index contributed by atoms with van der Waals surface area (Å²) in [5.41, 5.74) is 0. The third-order valence-electron chi connectivity index (χ3n) is 2.63. The Hall–Kier alpha value is -0.770. The van der Waals surface area contributed by atoms with Gasteiger partial charge in [-0.25, -0.2) is 4.79 Å². The van der Waals surface area contributed by atoms with Crippen LogP contribution in [-0.2, 0) is 4.74 Å². The molecule has 0 aromatic heterocycles. The van der Waals surface area contributed by atoms with Gasteiger partial charge in [-0.1, -0.05) is 13.8 Å². The molecule has 1 fully saturated rings. The van der Waals surface area contributed by atoms with Crippen LogP contribution in [0.25, 0.3) is 0 Å². The molecule has 1 saturated carbocycles. The van der Waals surface area contributed by atoms with Gasteiger partial charge >= 0.3 is 6.09 Å². The highest BCUT2D eigenvalue weighted by Gasteiger charge is 2.23. The summed E-state index contributed by atoms with van der Waals surface area (Å²) in [6.45, 7) is 3.85. The molecule has 4 heteroatoms. The summed E-state index contributed by atoms with van der Waals surface area (Å²) in [6.07, 6.45) is 2.78. The van der Waals surface area contributed by atoms with E-state index in [1.807, 2.05) is 13.8 Å². The number of hydrogen-bond acceptors (Lipinski definition) is 3. The molecule has 0 bridgehead atoms. The van der Waals surface area contributed by atoms with Crippen molar-refractivity contribution in [3.05, 3.63) is 0 Å². The lowest BCUT2D eigenvalue weighted by molar-refractivity contribution is 0.0466. The number of aliphatic hydroxyl groups is 1. The predicted molar refractivity (Wildman–Crippen MR) is 53.0 cm³/mol. The number of amides is 1. The summed E-state index contributed by atoms with van der Waals surface area (Å²) in [5, 5.41) is 11.6. The number of alkyl carbamates (subject to hydrolysis) is 1. The van der Waals surface area contributed by atoms with Crippen molar-refractivity contribution in [1.82, 2.24) is 5.32 Å². The van der Waals surface area contributed by atoms with Gasteiger partial charge in [0.05, 0.1) is 12.6 Å². The van der Waals surface area contributed by atoms with E-state index in [-0.39, 0.29) is 24.7 Å². The third-order valence-corrected chi connectivity index (χ3v) is 2.63. The quantitative estimate of drug-likeness (QED) is 0.720. The molecular weight excluding hydrogens is 182 g/mol. The molecule has 82 valence electrons. The lowest BCUT2D eigenvalue weighted by atomic mass is 9.96. The summed E-state index contributed by atoms with van der Waals surface area (Å²) < 4.78 is 5.11. The Labute approximate surface area is 84.6 Å². The second-order valence-electron chi connectivity index (χ2n) is 4.14. The van der Waals surface area contributed by atoms with E-state index in [1.54, 1.807) is 0 Å². The SMILES string of the molecule is CC(C)C(CO)NC(=O)OC1CCC1. The Bertz CT molecular complexity index is 190. The minimum Gasteiger partial charge on any atom is -0.446 e. The molecule has 0 radical (unpaired) electrons. The zero-order valence-electron chi connectivity index (χ0n) is 8.82. The van der Waals surface area contributed by atoms with Crippen LogP contribution in [0.2, 0.25) is 0 Å². The molecule has 1 aliphatic rings. The fourth-order valence-electron chi connectivity index (χ4n) is 1.25. The lowest BCUT2D eigenvalue weighted by Crippen LogP contribution is -2.43. The highest BCUT2D eigenvalue weighted by atomic mass is 16.6. The largest absolute Gasteiger partial charge is 0.446 e. The molecule has 0 aliphatic heterocycles. The van der Waals surface area contributed by atoms with E-state index in [0.717, 1.165) is 19.3 Å². The maximum absolute atomic E-state index is 11.3. The van der Waals surface area contributed by atoms with Gasteiger partial charge in [0, 0.05) is 0 Å². The number of nitrogens with one attached hydrogen (secondary N) is 1. The third kappa shape index (κ3) is 3.18. The van der Waals surface area contributed by atoms with Crippen LogP contribution in [0, 0.1) is 5.92 Å². The van der Waals surface area contributed by atoms with Crippen LogP contribution in [-0.4, -0.2) is 30.0 Å². The molecule has 1 rings (SSSR count). The number of ether oxygens (including phenoxy) is 1. The fourth-order valence-corrected chi connectivity index (χ4v) is 1.25. The van der Waals surface area contributed by atoms with Crippen LogP contribution in [0.15, 0.2) is 0 Å². The zero-order valence-corrected chi connectivity index (χ0v) is 8.82. The van der Waals surface area contributed by atoms with Gasteiger partial charge in [-0.3, -0.25) is 0 Å². The molecule has 1 amide bonds. The number of carbonyl (C=O) groups is 1. The van der Waals surface area contributed by atoms with E-state index >= 15 is 0 Å². The van der Waals surface area contributed by atoms with Crippen LogP contribution < -0.4 is 5.32 Å². The van der Waals surface area contributed by atoms with E-state index in [2.05, 4.69) is 5.32 Å². The molecule has 0 spiro atoms. The van der Waals surface area contributed by atoms with Crippen molar-refractivity contribution in [3.8, 4) is 0 Å². The minimum absolute atomic E-state index is 0.0442. The smallest absolute Gasteiger partial charge is 0.407 e. The van der Waals surface area contributed by atoms with Crippen molar-refractivity contribution < 1.29 is 14.6 Å². The first-order valence-corrected chi connectivity index (χ1v) is 5.21. The van der Waals surface area contributed by atoms with Crippen LogP contribution >= 0.6 is 0 Å². The van der Waals surface area contributed by atoms with Crippen molar-refractivity contribution in [2.24, 2.45) is 5.92 Å². The monoisotopic (exact) mass is 201 g/mol. The van der Waals surface area contributed by atoms with Crippen LogP contribution in [0.4, 0.5) is 4.79 Å². The highest BCUT2D eigenvalue weighted by molar-refractivity contribution is 5.67. The van der Waals surface area contributed by atoms with Crippen molar-refractivity contribution in [2.45, 2.75) is 45.3 Å². The second-order valence-corrected chi connectivity index (χ2v) is 4.14. The Balaban J connectivity index is 2.23. The molecule has 4 nitrogen and oxygen atoms in total. The van der Waals surface area contributed by atoms with E-state index in [9.17, 15) is 4.79 Å². The maximum Gasteiger partial charge on any atom is 0.407 e. The molecule has 0 aromatic carbocycles. The van der Waals surface area contributed by atoms with Gasteiger partial charge in [-0.05, 0) is 25.2 Å². The number of aliphatic hydroxyl groups excluding tert-OH is 1. The van der Waals surface area contributed by atoms with Gasteiger partial charge < -0.3 is 15.2 Å². The van der Waals surface area contributed by atoms with Crippen molar-refractivity contribution >= 4 is 6.09 Å². The number of hydrogen-bond donors (Lipinski definition) is 2. The topological polar surface area (TPSA) is 58.6 Å². The van der Waals surface area contributed by atoms with Crippen molar-refractivity contribution in [2.75, 3.05) is 6.61 Å². The van der Waals surface area contributed by atoms with Crippen LogP contribution in [0.5, 0.6) is 0 Å². The van der Waals surface area contributed by atoms with Crippen LogP contribution in [0.1, 0.15) is 33.1 Å². The van der Waals surface area contributed by atoms with Crippen LogP contribution in [0.3, 0.4) is 0 Å². The Morgan fingerprint density at radius 1 is 1.57 bits per heavy atom. The molecule has 1 unspecified atom stereocenters. The van der Waals surface area contributed by atoms with Gasteiger partial charge in [0.1, 0.15) is 6.10 Å². The highest BCUT2D eigenvalue weighted by Crippen LogP contribution is 2.21. The van der Waals surface area contributed by atoms with E-state index in [1.165, 1.54) is 0 Å². The first kappa shape index (κ1) is 11.3. The Morgan fingerprint density at radius 2 is 2.21 bits per heavy atom. The summed E-state index contributed by atoms with van der Waals surface area (Å²) in [4.78, 5) is 11.3. The Kier molecular flexibility index (Phi) is 4.20. The molecule has 14 heavy (non-hydrogen) atoms. The fraction of sp³-hybridized carbons (Fsp3) is 0.900. The van der Waals surface area contributed by atoms with E-state index < -0.39 is 6.09 Å². The first-order valence-electron chi connectivity index (χ1n) is 5.21. The van der Waals surface area contributed by atoms with Gasteiger partial charge in [0.2, 0.25) is 0 Å². The Morgan fingerprint density at radius 3 is 2.57 bits per heavy atom. The maximum atomic E-state index is 11.3. The summed E-state index contributed by atoms with van der Waals surface area (Å²) >= 11 is 0. The van der Waals surface area contributed by atoms with E-state index in [0.29, 0.717) is 0 Å². The molecule has 1 atom stereocenters. The standard InChI is InChI=1S/C10H19NO3/c1-7(2)9(6-12)11-10(13)14-8-4-3-5-8/h7-9,12H,3-6H2,1-2H3,(H,11,13). The molecular formula is C10H19NO3. The zero-order chi connectivity index (χ0) is 10.6. The second kappa shape index (κ2) is 5.20. The van der Waals surface area contributed by atoms with Crippen molar-refractivity contribution in [3.63, 3.8) is 0 Å². The molecule has 0 aromatic rings. The summed E-state index contributed by atoms with van der Waals surface area (Å²) in [6, 6.07) is -0.206. The first-order chi connectivity index (χ1) is 6.63. The van der Waals surface area contributed by atoms with E-state index in [4.69, 9.17) is 9.84 Å². The molecule has 0 heterocycles. The van der Waals surface area contributed by atoms with Gasteiger partial charge in [-0.15, -0.1) is 0 Å². The molecule has 2 N–H and O–H groups in total. The van der Waals surface area contributed by atoms with Gasteiger partial charge in [0.15, 0.2) is 0 Å².